The van der Waals surface area contributed by atoms with Crippen LogP contribution in [-0.4, -0.2) is 24.0 Å². The summed E-state index contributed by atoms with van der Waals surface area (Å²) in [7, 11) is 0. The number of H-pyrrole nitrogens is 1. The van der Waals surface area contributed by atoms with Crippen molar-refractivity contribution < 1.29 is 4.92 Å². The third-order valence-corrected chi connectivity index (χ3v) is 4.39. The van der Waals surface area contributed by atoms with Crippen molar-refractivity contribution in [1.82, 2.24) is 19.1 Å². The molecule has 2 aromatic rings. The number of aromatic nitrogens is 4. The van der Waals surface area contributed by atoms with Crippen molar-refractivity contribution in [3.05, 3.63) is 54.6 Å². The number of hydrogen-bond acceptors (Lipinski definition) is 5. The Morgan fingerprint density at radius 2 is 1.96 bits per heavy atom. The van der Waals surface area contributed by atoms with E-state index in [1.54, 1.807) is 10.8 Å². The van der Waals surface area contributed by atoms with E-state index in [2.05, 4.69) is 9.97 Å². The highest BCUT2D eigenvalue weighted by atomic mass is 16.6. The van der Waals surface area contributed by atoms with E-state index >= 15 is 0 Å². The molecule has 0 spiro atoms. The first-order valence-corrected chi connectivity index (χ1v) is 8.08. The number of unbranched alkanes of at least 4 members (excludes halogenated alkanes) is 1. The summed E-state index contributed by atoms with van der Waals surface area (Å²) >= 11 is 0. The van der Waals surface area contributed by atoms with Crippen LogP contribution in [-0.2, 0) is 25.9 Å². The molecule has 3 rings (SSSR count). The maximum atomic E-state index is 12.1. The summed E-state index contributed by atoms with van der Waals surface area (Å²) in [5, 5.41) is 10.8. The first kappa shape index (κ1) is 16.2. The lowest BCUT2D eigenvalue weighted by atomic mass is 9.97. The molecule has 2 aromatic heterocycles. The summed E-state index contributed by atoms with van der Waals surface area (Å²) in [5.41, 5.74) is 0.948. The molecule has 0 atom stereocenters. The van der Waals surface area contributed by atoms with E-state index in [0.29, 0.717) is 32.4 Å². The van der Waals surface area contributed by atoms with Crippen LogP contribution >= 0.6 is 0 Å². The molecule has 0 aliphatic heterocycles. The minimum absolute atomic E-state index is 0.173. The first-order chi connectivity index (χ1) is 11.6. The molecule has 0 saturated heterocycles. The van der Waals surface area contributed by atoms with E-state index in [1.165, 1.54) is 10.8 Å². The van der Waals surface area contributed by atoms with Gasteiger partial charge < -0.3 is 10.1 Å². The average Bonchev–Trinajstić information content (AvgIpc) is 3.03. The van der Waals surface area contributed by atoms with Gasteiger partial charge in [-0.2, -0.15) is 0 Å². The van der Waals surface area contributed by atoms with Gasteiger partial charge >= 0.3 is 11.6 Å². The van der Waals surface area contributed by atoms with Gasteiger partial charge in [0.2, 0.25) is 0 Å². The molecule has 9 heteroatoms. The van der Waals surface area contributed by atoms with Gasteiger partial charge in [0.05, 0.1) is 6.54 Å². The van der Waals surface area contributed by atoms with Gasteiger partial charge in [-0.05, 0) is 43.4 Å². The molecule has 24 heavy (non-hydrogen) atoms. The Balaban J connectivity index is 1.67. The Morgan fingerprint density at radius 3 is 2.75 bits per heavy atom. The fourth-order valence-corrected chi connectivity index (χ4v) is 3.23. The van der Waals surface area contributed by atoms with Crippen LogP contribution in [0, 0.1) is 10.1 Å². The van der Waals surface area contributed by atoms with E-state index in [9.17, 15) is 19.7 Å². The highest BCUT2D eigenvalue weighted by Gasteiger charge is 2.18. The maximum Gasteiger partial charge on any atom is 0.434 e. The molecular formula is C15H19N5O4. The Bertz CT molecular complexity index is 863. The number of aromatic amines is 1. The van der Waals surface area contributed by atoms with Crippen LogP contribution in [0.5, 0.6) is 0 Å². The van der Waals surface area contributed by atoms with E-state index < -0.39 is 4.92 Å². The summed E-state index contributed by atoms with van der Waals surface area (Å²) in [6.45, 7) is 0.969. The van der Waals surface area contributed by atoms with E-state index in [0.717, 1.165) is 30.5 Å². The van der Waals surface area contributed by atoms with Gasteiger partial charge in [-0.3, -0.25) is 14.3 Å². The lowest BCUT2D eigenvalue weighted by Gasteiger charge is -2.19. The lowest BCUT2D eigenvalue weighted by Crippen LogP contribution is -2.36. The molecule has 0 unspecified atom stereocenters. The number of nitro groups is 1. The van der Waals surface area contributed by atoms with Gasteiger partial charge in [0.1, 0.15) is 12.4 Å². The Labute approximate surface area is 137 Å². The largest absolute Gasteiger partial charge is 0.434 e. The molecule has 2 heterocycles. The number of nitrogens with zero attached hydrogens (tertiary/aromatic N) is 4. The van der Waals surface area contributed by atoms with Gasteiger partial charge in [0.15, 0.2) is 0 Å². The highest BCUT2D eigenvalue weighted by Crippen LogP contribution is 2.17. The van der Waals surface area contributed by atoms with Gasteiger partial charge in [-0.25, -0.2) is 9.36 Å². The van der Waals surface area contributed by atoms with Crippen molar-refractivity contribution in [3.63, 3.8) is 0 Å². The standard InChI is InChI=1S/C15H19N5O4/c21-13-11-5-1-2-6-12(11)19(15(22)17-13)9-4-3-8-18-10-7-16-14(18)20(23)24/h7,10H,1-6,8-9H2,(H,17,21,22). The first-order valence-electron chi connectivity index (χ1n) is 8.08. The molecule has 1 aliphatic rings. The summed E-state index contributed by atoms with van der Waals surface area (Å²) in [6, 6.07) is 0. The second kappa shape index (κ2) is 6.81. The zero-order valence-corrected chi connectivity index (χ0v) is 13.2. The highest BCUT2D eigenvalue weighted by molar-refractivity contribution is 5.20. The van der Waals surface area contributed by atoms with Crippen LogP contribution in [0.3, 0.4) is 0 Å². The predicted octanol–water partition coefficient (Wildman–Crippen LogP) is 1.00. The second-order valence-electron chi connectivity index (χ2n) is 5.93. The van der Waals surface area contributed by atoms with Gasteiger partial charge in [-0.15, -0.1) is 0 Å². The molecule has 9 nitrogen and oxygen atoms in total. The van der Waals surface area contributed by atoms with Gasteiger partial charge in [0, 0.05) is 17.8 Å². The predicted molar refractivity (Wildman–Crippen MR) is 86.1 cm³/mol. The number of hydrogen-bond donors (Lipinski definition) is 1. The van der Waals surface area contributed by atoms with Crippen molar-refractivity contribution in [2.24, 2.45) is 0 Å². The Kier molecular flexibility index (Phi) is 4.59. The molecule has 0 bridgehead atoms. The van der Waals surface area contributed by atoms with Gasteiger partial charge in [-0.1, -0.05) is 4.98 Å². The summed E-state index contributed by atoms with van der Waals surface area (Å²) < 4.78 is 3.14. The maximum absolute atomic E-state index is 12.1. The molecule has 0 aromatic carbocycles. The number of imidazole rings is 1. The SMILES string of the molecule is O=c1[nH]c(=O)n(CCCCn2ccnc2[N+](=O)[O-])c2c1CCCC2. The van der Waals surface area contributed by atoms with Crippen LogP contribution < -0.4 is 11.2 Å². The van der Waals surface area contributed by atoms with Crippen molar-refractivity contribution in [1.29, 1.82) is 0 Å². The Morgan fingerprint density at radius 1 is 1.21 bits per heavy atom. The zero-order chi connectivity index (χ0) is 17.1. The van der Waals surface area contributed by atoms with Crippen LogP contribution in [0.2, 0.25) is 0 Å². The molecule has 1 N–H and O–H groups in total. The topological polar surface area (TPSA) is 116 Å². The lowest BCUT2D eigenvalue weighted by molar-refractivity contribution is -0.396. The second-order valence-corrected chi connectivity index (χ2v) is 5.93. The number of nitrogens with one attached hydrogen (secondary N) is 1. The molecule has 1 aliphatic carbocycles. The van der Waals surface area contributed by atoms with Crippen LogP contribution in [0.4, 0.5) is 5.95 Å². The van der Waals surface area contributed by atoms with Crippen molar-refractivity contribution in [3.8, 4) is 0 Å². The van der Waals surface area contributed by atoms with E-state index in [1.807, 2.05) is 0 Å². The number of aryl methyl sites for hydroxylation is 1. The third-order valence-electron chi connectivity index (χ3n) is 4.39. The van der Waals surface area contributed by atoms with Crippen LogP contribution in [0.25, 0.3) is 0 Å². The average molecular weight is 333 g/mol. The fraction of sp³-hybridized carbons (Fsp3) is 0.533. The third kappa shape index (κ3) is 3.15. The molecule has 0 amide bonds. The van der Waals surface area contributed by atoms with Crippen molar-refractivity contribution in [2.45, 2.75) is 51.6 Å². The van der Waals surface area contributed by atoms with Crippen LogP contribution in [0.15, 0.2) is 22.0 Å². The summed E-state index contributed by atoms with van der Waals surface area (Å²) in [4.78, 5) is 40.4. The fourth-order valence-electron chi connectivity index (χ4n) is 3.23. The monoisotopic (exact) mass is 333 g/mol. The minimum Gasteiger partial charge on any atom is -0.390 e. The van der Waals surface area contributed by atoms with Crippen LogP contribution in [0.1, 0.15) is 36.9 Å². The molecule has 128 valence electrons. The molecule has 0 saturated carbocycles. The number of fused-ring (bicyclic) bond motifs is 1. The number of rotatable bonds is 6. The normalized spacial score (nSPS) is 13.7. The quantitative estimate of drug-likeness (QED) is 0.481. The molecule has 0 fully saturated rings. The summed E-state index contributed by atoms with van der Waals surface area (Å²) in [5.74, 6) is -0.173. The smallest absolute Gasteiger partial charge is 0.390 e. The van der Waals surface area contributed by atoms with E-state index in [-0.39, 0.29) is 17.2 Å². The molecule has 0 radical (unpaired) electrons. The van der Waals surface area contributed by atoms with Crippen molar-refractivity contribution >= 4 is 5.95 Å². The van der Waals surface area contributed by atoms with E-state index in [4.69, 9.17) is 0 Å². The Hall–Kier alpha value is -2.71. The van der Waals surface area contributed by atoms with Crippen molar-refractivity contribution in [2.75, 3.05) is 0 Å². The minimum atomic E-state index is -0.511. The zero-order valence-electron chi connectivity index (χ0n) is 13.2. The summed E-state index contributed by atoms with van der Waals surface area (Å²) in [6.07, 6.45) is 7.77. The van der Waals surface area contributed by atoms with Gasteiger partial charge in [0.25, 0.3) is 5.56 Å². The molecular weight excluding hydrogens is 314 g/mol.